The van der Waals surface area contributed by atoms with Gasteiger partial charge >= 0.3 is 0 Å². The van der Waals surface area contributed by atoms with Crippen LogP contribution in [0.1, 0.15) is 5.56 Å². The number of nitrogens with zero attached hydrogens (tertiary/aromatic N) is 1. The van der Waals surface area contributed by atoms with Crippen molar-refractivity contribution < 1.29 is 0 Å². The van der Waals surface area contributed by atoms with Crippen molar-refractivity contribution in [2.24, 2.45) is 5.73 Å². The minimum atomic E-state index is 0. The van der Waals surface area contributed by atoms with E-state index in [1.165, 1.54) is 0 Å². The highest BCUT2D eigenvalue weighted by Crippen LogP contribution is 2.08. The van der Waals surface area contributed by atoms with Gasteiger partial charge < -0.3 is 5.73 Å². The highest BCUT2D eigenvalue weighted by Gasteiger charge is 1.88. The summed E-state index contributed by atoms with van der Waals surface area (Å²) in [6.45, 7) is 0.548. The van der Waals surface area contributed by atoms with Gasteiger partial charge in [0, 0.05) is 23.4 Å². The Hall–Kier alpha value is -0.120. The van der Waals surface area contributed by atoms with Gasteiger partial charge in [0.1, 0.15) is 0 Å². The molecule has 0 radical (unpaired) electrons. The highest BCUT2D eigenvalue weighted by molar-refractivity contribution is 9.10. The normalized spacial score (nSPS) is 8.60. The van der Waals surface area contributed by atoms with Crippen LogP contribution in [0, 0.1) is 0 Å². The molecule has 1 aromatic heterocycles. The summed E-state index contributed by atoms with van der Waals surface area (Å²) in [6.07, 6.45) is 3.49. The summed E-state index contributed by atoms with van der Waals surface area (Å²) in [4.78, 5) is 3.93. The first-order valence-corrected chi connectivity index (χ1v) is 3.41. The van der Waals surface area contributed by atoms with E-state index in [2.05, 4.69) is 20.9 Å². The molecule has 0 unspecified atom stereocenters. The fourth-order valence-electron chi connectivity index (χ4n) is 0.567. The molecule has 0 amide bonds. The number of halogens is 2. The fourth-order valence-corrected chi connectivity index (χ4v) is 0.980. The number of hydrogen-bond donors (Lipinski definition) is 1. The monoisotopic (exact) mass is 222 g/mol. The van der Waals surface area contributed by atoms with Crippen molar-refractivity contribution in [3.05, 3.63) is 28.5 Å². The van der Waals surface area contributed by atoms with Crippen molar-refractivity contribution in [2.45, 2.75) is 6.54 Å². The molecule has 2 N–H and O–H groups in total. The van der Waals surface area contributed by atoms with E-state index < -0.39 is 0 Å². The zero-order chi connectivity index (χ0) is 6.69. The minimum absolute atomic E-state index is 0. The summed E-state index contributed by atoms with van der Waals surface area (Å²) in [7, 11) is 0. The zero-order valence-corrected chi connectivity index (χ0v) is 7.65. The van der Waals surface area contributed by atoms with Crippen LogP contribution in [-0.2, 0) is 6.54 Å². The van der Waals surface area contributed by atoms with Crippen LogP contribution in [0.5, 0.6) is 0 Å². The van der Waals surface area contributed by atoms with Crippen molar-refractivity contribution in [3.63, 3.8) is 0 Å². The maximum Gasteiger partial charge on any atom is 0.0410 e. The van der Waals surface area contributed by atoms with Gasteiger partial charge in [0.25, 0.3) is 0 Å². The average Bonchev–Trinajstić information content (AvgIpc) is 1.88. The van der Waals surface area contributed by atoms with Gasteiger partial charge in [0.2, 0.25) is 0 Å². The third-order valence-corrected chi connectivity index (χ3v) is 1.43. The van der Waals surface area contributed by atoms with E-state index in [4.69, 9.17) is 5.73 Å². The Labute approximate surface area is 74.4 Å². The lowest BCUT2D eigenvalue weighted by molar-refractivity contribution is 1.04. The summed E-state index contributed by atoms with van der Waals surface area (Å²) < 4.78 is 0.977. The van der Waals surface area contributed by atoms with Crippen LogP contribution in [0.15, 0.2) is 22.9 Å². The predicted molar refractivity (Wildman–Crippen MR) is 47.1 cm³/mol. The number of aromatic nitrogens is 1. The molecule has 2 nitrogen and oxygen atoms in total. The maximum atomic E-state index is 5.36. The van der Waals surface area contributed by atoms with E-state index >= 15 is 0 Å². The van der Waals surface area contributed by atoms with E-state index in [1.807, 2.05) is 6.07 Å². The van der Waals surface area contributed by atoms with Crippen molar-refractivity contribution >= 4 is 28.3 Å². The van der Waals surface area contributed by atoms with Crippen LogP contribution in [0.2, 0.25) is 0 Å². The van der Waals surface area contributed by atoms with Gasteiger partial charge in [-0.25, -0.2) is 0 Å². The predicted octanol–water partition coefficient (Wildman–Crippen LogP) is 1.72. The van der Waals surface area contributed by atoms with E-state index in [0.717, 1.165) is 10.0 Å². The Balaban J connectivity index is 0.000000810. The number of hydrogen-bond acceptors (Lipinski definition) is 2. The molecule has 0 atom stereocenters. The molecule has 0 aliphatic heterocycles. The SMILES string of the molecule is Cl.NCc1cncc(Br)c1. The fraction of sp³-hybridized carbons (Fsp3) is 0.167. The van der Waals surface area contributed by atoms with E-state index in [-0.39, 0.29) is 12.4 Å². The molecule has 0 saturated carbocycles. The number of pyridine rings is 1. The lowest BCUT2D eigenvalue weighted by Crippen LogP contribution is -1.95. The molecule has 0 spiro atoms. The molecule has 0 aromatic carbocycles. The third kappa shape index (κ3) is 2.64. The van der Waals surface area contributed by atoms with Gasteiger partial charge in [-0.2, -0.15) is 0 Å². The summed E-state index contributed by atoms with van der Waals surface area (Å²) >= 11 is 3.28. The smallest absolute Gasteiger partial charge is 0.0410 e. The molecule has 1 aromatic rings. The van der Waals surface area contributed by atoms with Crippen molar-refractivity contribution in [3.8, 4) is 0 Å². The summed E-state index contributed by atoms with van der Waals surface area (Å²) in [5.74, 6) is 0. The van der Waals surface area contributed by atoms with Crippen LogP contribution >= 0.6 is 28.3 Å². The van der Waals surface area contributed by atoms with Gasteiger partial charge in [-0.1, -0.05) is 0 Å². The minimum Gasteiger partial charge on any atom is -0.326 e. The second-order valence-electron chi connectivity index (χ2n) is 1.72. The first-order valence-electron chi connectivity index (χ1n) is 2.62. The second kappa shape index (κ2) is 4.66. The Kier molecular flexibility index (Phi) is 4.60. The first kappa shape index (κ1) is 9.88. The molecule has 4 heteroatoms. The van der Waals surface area contributed by atoms with Gasteiger partial charge in [-0.05, 0) is 27.6 Å². The number of rotatable bonds is 1. The molecule has 56 valence electrons. The Bertz CT molecular complexity index is 205. The first-order chi connectivity index (χ1) is 4.33. The molecule has 0 fully saturated rings. The average molecular weight is 224 g/mol. The van der Waals surface area contributed by atoms with Crippen LogP contribution < -0.4 is 5.73 Å². The third-order valence-electron chi connectivity index (χ3n) is 0.997. The standard InChI is InChI=1S/C6H7BrN2.ClH/c7-6-1-5(2-8)3-9-4-6;/h1,3-4H,2,8H2;1H. The molecule has 0 aliphatic carbocycles. The lowest BCUT2D eigenvalue weighted by atomic mass is 10.3. The Morgan fingerprint density at radius 1 is 1.50 bits per heavy atom. The molecule has 1 heterocycles. The summed E-state index contributed by atoms with van der Waals surface area (Å²) in [6, 6.07) is 1.95. The van der Waals surface area contributed by atoms with Crippen molar-refractivity contribution in [1.29, 1.82) is 0 Å². The van der Waals surface area contributed by atoms with Crippen LogP contribution in [0.25, 0.3) is 0 Å². The van der Waals surface area contributed by atoms with Crippen molar-refractivity contribution in [2.75, 3.05) is 0 Å². The van der Waals surface area contributed by atoms with Crippen molar-refractivity contribution in [1.82, 2.24) is 4.98 Å². The maximum absolute atomic E-state index is 5.36. The van der Waals surface area contributed by atoms with Crippen LogP contribution in [-0.4, -0.2) is 4.98 Å². The van der Waals surface area contributed by atoms with Gasteiger partial charge in [-0.3, -0.25) is 4.98 Å². The quantitative estimate of drug-likeness (QED) is 0.787. The highest BCUT2D eigenvalue weighted by atomic mass is 79.9. The van der Waals surface area contributed by atoms with Gasteiger partial charge in [-0.15, -0.1) is 12.4 Å². The van der Waals surface area contributed by atoms with Crippen LogP contribution in [0.4, 0.5) is 0 Å². The molecule has 1 rings (SSSR count). The zero-order valence-electron chi connectivity index (χ0n) is 5.25. The van der Waals surface area contributed by atoms with Crippen LogP contribution in [0.3, 0.4) is 0 Å². The van der Waals surface area contributed by atoms with E-state index in [1.54, 1.807) is 12.4 Å². The molecule has 0 saturated heterocycles. The summed E-state index contributed by atoms with van der Waals surface area (Å²) in [5.41, 5.74) is 6.40. The molecule has 0 bridgehead atoms. The summed E-state index contributed by atoms with van der Waals surface area (Å²) in [5, 5.41) is 0. The Morgan fingerprint density at radius 2 is 2.20 bits per heavy atom. The second-order valence-corrected chi connectivity index (χ2v) is 2.63. The molecular formula is C6H8BrClN2. The number of nitrogens with two attached hydrogens (primary N) is 1. The topological polar surface area (TPSA) is 38.9 Å². The molecule has 10 heavy (non-hydrogen) atoms. The largest absolute Gasteiger partial charge is 0.326 e. The molecule has 0 aliphatic rings. The van der Waals surface area contributed by atoms with Gasteiger partial charge in [0.05, 0.1) is 0 Å². The van der Waals surface area contributed by atoms with Gasteiger partial charge in [0.15, 0.2) is 0 Å². The van der Waals surface area contributed by atoms with E-state index in [0.29, 0.717) is 6.54 Å². The Morgan fingerprint density at radius 3 is 2.60 bits per heavy atom. The lowest BCUT2D eigenvalue weighted by Gasteiger charge is -1.93. The van der Waals surface area contributed by atoms with E-state index in [9.17, 15) is 0 Å². The molecular weight excluding hydrogens is 215 g/mol.